The van der Waals surface area contributed by atoms with Crippen molar-refractivity contribution >= 4 is 40.3 Å². The third-order valence-corrected chi connectivity index (χ3v) is 6.25. The first-order chi connectivity index (χ1) is 15.3. The molecule has 0 aliphatic carbocycles. The Morgan fingerprint density at radius 3 is 2.62 bits per heavy atom. The van der Waals surface area contributed by atoms with Gasteiger partial charge in [0, 0.05) is 11.4 Å². The van der Waals surface area contributed by atoms with E-state index in [2.05, 4.69) is 15.0 Å². The summed E-state index contributed by atoms with van der Waals surface area (Å²) in [5.74, 6) is -2.44. The number of nitrogens with one attached hydrogen (secondary N) is 1. The molecule has 2 fully saturated rings. The van der Waals surface area contributed by atoms with Gasteiger partial charge in [0.1, 0.15) is 12.1 Å². The molecule has 2 aromatic rings. The van der Waals surface area contributed by atoms with E-state index in [1.54, 1.807) is 6.92 Å². The number of aromatic nitrogens is 1. The number of amides is 4. The van der Waals surface area contributed by atoms with Crippen molar-refractivity contribution in [3.63, 3.8) is 0 Å². The zero-order valence-corrected chi connectivity index (χ0v) is 18.1. The topological polar surface area (TPSA) is 118 Å². The Labute approximate surface area is 185 Å². The number of anilines is 1. The average Bonchev–Trinajstić information content (AvgIpc) is 3.43. The van der Waals surface area contributed by atoms with Crippen molar-refractivity contribution < 1.29 is 33.0 Å². The molecule has 4 rings (SSSR count). The molecule has 0 bridgehead atoms. The zero-order chi connectivity index (χ0) is 23.2. The van der Waals surface area contributed by atoms with Gasteiger partial charge in [-0.15, -0.1) is 11.3 Å². The molecular weight excluding hydrogens is 443 g/mol. The van der Waals surface area contributed by atoms with E-state index in [1.807, 2.05) is 0 Å². The van der Waals surface area contributed by atoms with Crippen LogP contribution in [0.25, 0.3) is 0 Å². The van der Waals surface area contributed by atoms with E-state index in [1.165, 1.54) is 36.6 Å². The van der Waals surface area contributed by atoms with Crippen molar-refractivity contribution in [1.82, 2.24) is 15.2 Å². The van der Waals surface area contributed by atoms with Crippen molar-refractivity contribution in [2.75, 3.05) is 19.1 Å². The van der Waals surface area contributed by atoms with Crippen LogP contribution in [0.3, 0.4) is 0 Å². The lowest BCUT2D eigenvalue weighted by atomic mass is 10.1. The Morgan fingerprint density at radius 1 is 1.22 bits per heavy atom. The van der Waals surface area contributed by atoms with Crippen LogP contribution in [0, 0.1) is 5.82 Å². The molecule has 1 aromatic heterocycles. The average molecular weight is 462 g/mol. The first kappa shape index (κ1) is 21.7. The highest BCUT2D eigenvalue weighted by Gasteiger charge is 2.51. The molecule has 1 aromatic carbocycles. The number of halogens is 1. The van der Waals surface area contributed by atoms with E-state index in [9.17, 15) is 23.6 Å². The van der Waals surface area contributed by atoms with Crippen LogP contribution in [0.1, 0.15) is 35.4 Å². The van der Waals surface area contributed by atoms with Crippen LogP contribution in [0.15, 0.2) is 23.6 Å². The SMILES string of the molecule is COC(=O)c1csc(N2C(=O)C(N3C(=O)NC(c4ccc(OC)c(F)c4)C3=O)CC2C)n1. The molecule has 10 nitrogen and oxygen atoms in total. The maximum Gasteiger partial charge on any atom is 0.357 e. The number of rotatable bonds is 5. The molecule has 12 heteroatoms. The monoisotopic (exact) mass is 462 g/mol. The number of imide groups is 1. The van der Waals surface area contributed by atoms with Gasteiger partial charge in [-0.3, -0.25) is 14.5 Å². The van der Waals surface area contributed by atoms with Gasteiger partial charge in [0.2, 0.25) is 0 Å². The van der Waals surface area contributed by atoms with Crippen molar-refractivity contribution in [1.29, 1.82) is 0 Å². The van der Waals surface area contributed by atoms with Gasteiger partial charge >= 0.3 is 12.0 Å². The maximum absolute atomic E-state index is 14.1. The van der Waals surface area contributed by atoms with Crippen molar-refractivity contribution in [3.8, 4) is 5.75 Å². The number of carbonyl (C=O) groups excluding carboxylic acids is 4. The first-order valence-corrected chi connectivity index (χ1v) is 10.5. The lowest BCUT2D eigenvalue weighted by molar-refractivity contribution is -0.133. The lowest BCUT2D eigenvalue weighted by Gasteiger charge is -2.20. The van der Waals surface area contributed by atoms with Gasteiger partial charge in [-0.1, -0.05) is 6.07 Å². The number of benzene rings is 1. The maximum atomic E-state index is 14.1. The molecule has 2 saturated heterocycles. The van der Waals surface area contributed by atoms with E-state index < -0.39 is 41.7 Å². The van der Waals surface area contributed by atoms with E-state index in [0.29, 0.717) is 0 Å². The Balaban J connectivity index is 1.57. The number of methoxy groups -OCH3 is 2. The second-order valence-electron chi connectivity index (χ2n) is 7.30. The molecule has 3 unspecified atom stereocenters. The number of esters is 1. The summed E-state index contributed by atoms with van der Waals surface area (Å²) in [6.45, 7) is 1.76. The lowest BCUT2D eigenvalue weighted by Crippen LogP contribution is -2.45. The molecular formula is C20H19FN4O6S. The fourth-order valence-corrected chi connectivity index (χ4v) is 4.76. The Kier molecular flexibility index (Phi) is 5.55. The highest BCUT2D eigenvalue weighted by atomic mass is 32.1. The predicted octanol–water partition coefficient (Wildman–Crippen LogP) is 1.86. The smallest absolute Gasteiger partial charge is 0.357 e. The van der Waals surface area contributed by atoms with E-state index in [4.69, 9.17) is 4.74 Å². The summed E-state index contributed by atoms with van der Waals surface area (Å²) in [6, 6.07) is 0.671. The number of hydrogen-bond donors (Lipinski definition) is 1. The fraction of sp³-hybridized carbons (Fsp3) is 0.350. The number of nitrogens with zero attached hydrogens (tertiary/aromatic N) is 3. The van der Waals surface area contributed by atoms with Gasteiger partial charge in [0.15, 0.2) is 22.4 Å². The van der Waals surface area contributed by atoms with Crippen LogP contribution in [0.5, 0.6) is 5.75 Å². The summed E-state index contributed by atoms with van der Waals surface area (Å²) in [5.41, 5.74) is 0.301. The fourth-order valence-electron chi connectivity index (χ4n) is 3.86. The summed E-state index contributed by atoms with van der Waals surface area (Å²) in [7, 11) is 2.54. The van der Waals surface area contributed by atoms with Crippen LogP contribution < -0.4 is 15.0 Å². The minimum absolute atomic E-state index is 0.00703. The first-order valence-electron chi connectivity index (χ1n) is 9.60. The van der Waals surface area contributed by atoms with Crippen LogP contribution in [-0.2, 0) is 14.3 Å². The molecule has 3 atom stereocenters. The number of urea groups is 1. The number of carbonyl (C=O) groups is 4. The molecule has 0 saturated carbocycles. The van der Waals surface area contributed by atoms with Gasteiger partial charge in [0.25, 0.3) is 11.8 Å². The number of ether oxygens (including phenoxy) is 2. The summed E-state index contributed by atoms with van der Waals surface area (Å²) in [6.07, 6.45) is 0.189. The third-order valence-electron chi connectivity index (χ3n) is 5.41. The molecule has 2 aliphatic heterocycles. The third kappa shape index (κ3) is 3.45. The predicted molar refractivity (Wildman–Crippen MR) is 110 cm³/mol. The van der Waals surface area contributed by atoms with Gasteiger partial charge in [-0.2, -0.15) is 0 Å². The summed E-state index contributed by atoms with van der Waals surface area (Å²) in [5, 5.41) is 4.25. The summed E-state index contributed by atoms with van der Waals surface area (Å²) in [4.78, 5) is 56.9. The van der Waals surface area contributed by atoms with Gasteiger partial charge in [-0.25, -0.2) is 23.9 Å². The van der Waals surface area contributed by atoms with Crippen LogP contribution in [-0.4, -0.2) is 60.0 Å². The Bertz CT molecular complexity index is 1120. The van der Waals surface area contributed by atoms with Crippen molar-refractivity contribution in [3.05, 3.63) is 40.7 Å². The van der Waals surface area contributed by atoms with Gasteiger partial charge in [-0.05, 0) is 31.0 Å². The normalized spacial score (nSPS) is 23.0. The van der Waals surface area contributed by atoms with Crippen molar-refractivity contribution in [2.45, 2.75) is 31.5 Å². The second kappa shape index (κ2) is 8.19. The van der Waals surface area contributed by atoms with E-state index in [-0.39, 0.29) is 34.6 Å². The molecule has 0 spiro atoms. The summed E-state index contributed by atoms with van der Waals surface area (Å²) >= 11 is 1.08. The molecule has 32 heavy (non-hydrogen) atoms. The van der Waals surface area contributed by atoms with E-state index >= 15 is 0 Å². The molecule has 2 aliphatic rings. The minimum Gasteiger partial charge on any atom is -0.494 e. The van der Waals surface area contributed by atoms with Crippen LogP contribution in [0.2, 0.25) is 0 Å². The molecule has 3 heterocycles. The molecule has 4 amide bonds. The Hall–Kier alpha value is -3.54. The number of hydrogen-bond acceptors (Lipinski definition) is 8. The van der Waals surface area contributed by atoms with Crippen LogP contribution >= 0.6 is 11.3 Å². The zero-order valence-electron chi connectivity index (χ0n) is 17.3. The van der Waals surface area contributed by atoms with E-state index in [0.717, 1.165) is 22.3 Å². The molecule has 168 valence electrons. The van der Waals surface area contributed by atoms with Gasteiger partial charge in [0.05, 0.1) is 14.2 Å². The van der Waals surface area contributed by atoms with Gasteiger partial charge < -0.3 is 14.8 Å². The highest BCUT2D eigenvalue weighted by Crippen LogP contribution is 2.35. The largest absolute Gasteiger partial charge is 0.494 e. The molecule has 0 radical (unpaired) electrons. The highest BCUT2D eigenvalue weighted by molar-refractivity contribution is 7.14. The second-order valence-corrected chi connectivity index (χ2v) is 8.14. The standard InChI is InChI=1S/C20H19FN4O6S/c1-9-6-13(16(26)24(9)20-22-12(8-32-20)18(28)31-3)25-17(27)15(23-19(25)29)10-4-5-14(30-2)11(21)7-10/h4-5,7-9,13,15H,6H2,1-3H3,(H,23,29). The van der Waals surface area contributed by atoms with Crippen LogP contribution in [0.4, 0.5) is 14.3 Å². The molecule has 1 N–H and O–H groups in total. The number of thiazole rings is 1. The van der Waals surface area contributed by atoms with Crippen molar-refractivity contribution in [2.24, 2.45) is 0 Å². The summed E-state index contributed by atoms with van der Waals surface area (Å²) < 4.78 is 23.6. The Morgan fingerprint density at radius 2 is 1.97 bits per heavy atom. The quantitative estimate of drug-likeness (QED) is 0.532. The minimum atomic E-state index is -1.12.